The van der Waals surface area contributed by atoms with E-state index in [0.717, 1.165) is 29.7 Å². The summed E-state index contributed by atoms with van der Waals surface area (Å²) in [5.74, 6) is 0.0790. The van der Waals surface area contributed by atoms with Gasteiger partial charge in [-0.15, -0.1) is 0 Å². The van der Waals surface area contributed by atoms with Gasteiger partial charge in [-0.2, -0.15) is 0 Å². The number of nitrogens with zero attached hydrogens (tertiary/aromatic N) is 2. The maximum atomic E-state index is 12.3. The molecule has 8 heteroatoms. The molecule has 1 aliphatic rings. The predicted molar refractivity (Wildman–Crippen MR) is 118 cm³/mol. The maximum Gasteiger partial charge on any atom is 0.341 e. The molecule has 0 fully saturated rings. The van der Waals surface area contributed by atoms with Gasteiger partial charge in [-0.05, 0) is 35.6 Å². The van der Waals surface area contributed by atoms with E-state index < -0.39 is 5.97 Å². The number of carbonyl (C=O) groups is 1. The highest BCUT2D eigenvalue weighted by Crippen LogP contribution is 2.45. The molecule has 0 saturated carbocycles. The molecule has 0 spiro atoms. The second-order valence-corrected chi connectivity index (χ2v) is 9.08. The van der Waals surface area contributed by atoms with Crippen LogP contribution in [0.5, 0.6) is 5.75 Å². The minimum Gasteiger partial charge on any atom is -0.492 e. The zero-order valence-electron chi connectivity index (χ0n) is 18.6. The van der Waals surface area contributed by atoms with E-state index in [9.17, 15) is 10.0 Å². The van der Waals surface area contributed by atoms with Crippen molar-refractivity contribution in [2.24, 2.45) is 10.6 Å². The number of methoxy groups -OCH3 is 2. The fourth-order valence-corrected chi connectivity index (χ4v) is 4.13. The topological polar surface area (TPSA) is 82.3 Å². The predicted octanol–water partition coefficient (Wildman–Crippen LogP) is 4.44. The Bertz CT molecular complexity index is 1040. The van der Waals surface area contributed by atoms with Crippen LogP contribution in [0, 0.1) is 5.41 Å². The third-order valence-electron chi connectivity index (χ3n) is 5.54. The van der Waals surface area contributed by atoms with Crippen LogP contribution < -0.4 is 10.1 Å². The molecule has 1 unspecified atom stereocenters. The van der Waals surface area contributed by atoms with Crippen LogP contribution in [0.4, 0.5) is 0 Å². The number of pyridine rings is 1. The van der Waals surface area contributed by atoms with Gasteiger partial charge in [-0.1, -0.05) is 37.5 Å². The number of halogens is 1. The Morgan fingerprint density at radius 2 is 2.00 bits per heavy atom. The van der Waals surface area contributed by atoms with Gasteiger partial charge < -0.3 is 24.0 Å². The molecule has 168 valence electrons. The maximum absolute atomic E-state index is 12.3. The van der Waals surface area contributed by atoms with Gasteiger partial charge in [0.1, 0.15) is 16.7 Å². The fourth-order valence-electron chi connectivity index (χ4n) is 3.91. The minimum atomic E-state index is -0.556. The van der Waals surface area contributed by atoms with Gasteiger partial charge in [0.25, 0.3) is 0 Å². The van der Waals surface area contributed by atoms with Crippen LogP contribution in [0.25, 0.3) is 11.3 Å². The highest BCUT2D eigenvalue weighted by Gasteiger charge is 2.34. The molecule has 1 N–H and O–H groups in total. The number of ether oxygens (including phenoxy) is 3. The Morgan fingerprint density at radius 3 is 2.61 bits per heavy atom. The number of hydrogen-bond acceptors (Lipinski definition) is 6. The number of aromatic nitrogens is 1. The van der Waals surface area contributed by atoms with Crippen LogP contribution >= 0.6 is 11.6 Å². The molecule has 0 radical (unpaired) electrons. The molecule has 2 heterocycles. The van der Waals surface area contributed by atoms with Gasteiger partial charge in [0.2, 0.25) is 0 Å². The van der Waals surface area contributed by atoms with Crippen LogP contribution in [0.3, 0.4) is 0 Å². The zero-order valence-corrected chi connectivity index (χ0v) is 19.3. The Labute approximate surface area is 187 Å². The van der Waals surface area contributed by atoms with Crippen molar-refractivity contribution < 1.29 is 24.2 Å². The Balaban J connectivity index is 2.15. The Morgan fingerprint density at radius 1 is 1.26 bits per heavy atom. The summed E-state index contributed by atoms with van der Waals surface area (Å²) >= 11 is 6.53. The summed E-state index contributed by atoms with van der Waals surface area (Å²) in [5.41, 5.74) is 2.91. The van der Waals surface area contributed by atoms with E-state index in [4.69, 9.17) is 25.8 Å². The van der Waals surface area contributed by atoms with Gasteiger partial charge in [-0.25, -0.2) is 4.79 Å². The second-order valence-electron chi connectivity index (χ2n) is 8.68. The SMILES string of the molecule is COCCCOc1cc2c(cc1Cl)-c1c/c(=N/O)c(C(=O)OC)cn1C(C(C)(C)C)C2. The second kappa shape index (κ2) is 9.32. The minimum absolute atomic E-state index is 0.0497. The first-order chi connectivity index (χ1) is 14.7. The van der Waals surface area contributed by atoms with E-state index in [2.05, 4.69) is 30.5 Å². The third kappa shape index (κ3) is 4.72. The normalized spacial score (nSPS) is 15.9. The van der Waals surface area contributed by atoms with Crippen molar-refractivity contribution in [2.75, 3.05) is 27.4 Å². The van der Waals surface area contributed by atoms with E-state index >= 15 is 0 Å². The molecular formula is C23H29ClN2O5. The van der Waals surface area contributed by atoms with Gasteiger partial charge in [0.05, 0.1) is 24.4 Å². The summed E-state index contributed by atoms with van der Waals surface area (Å²) in [6.07, 6.45) is 3.21. The Hall–Kier alpha value is -2.51. The number of esters is 1. The first kappa shape index (κ1) is 23.2. The van der Waals surface area contributed by atoms with E-state index in [0.29, 0.717) is 24.0 Å². The number of fused-ring (bicyclic) bond motifs is 3. The third-order valence-corrected chi connectivity index (χ3v) is 5.84. The largest absolute Gasteiger partial charge is 0.492 e. The Kier molecular flexibility index (Phi) is 6.96. The summed E-state index contributed by atoms with van der Waals surface area (Å²) in [5, 5.41) is 13.5. The molecule has 1 aromatic carbocycles. The molecule has 2 aromatic rings. The molecule has 3 rings (SSSR count). The summed E-state index contributed by atoms with van der Waals surface area (Å²) in [6, 6.07) is 5.59. The standard InChI is InChI=1S/C23H29ClN2O5/c1-23(2,3)21-10-14-9-20(31-8-6-7-29-4)17(24)11-15(14)19-12-18(25-28)16(13-26(19)21)22(27)30-5/h9,11-13,21,28H,6-8,10H2,1-5H3/b25-18-. The van der Waals surface area contributed by atoms with E-state index in [-0.39, 0.29) is 22.4 Å². The molecule has 1 aliphatic heterocycles. The van der Waals surface area contributed by atoms with Crippen LogP contribution in [0.1, 0.15) is 49.2 Å². The molecular weight excluding hydrogens is 420 g/mol. The fraction of sp³-hybridized carbons (Fsp3) is 0.478. The van der Waals surface area contributed by atoms with E-state index in [1.165, 1.54) is 7.11 Å². The van der Waals surface area contributed by atoms with Crippen molar-refractivity contribution in [1.29, 1.82) is 0 Å². The van der Waals surface area contributed by atoms with E-state index in [1.54, 1.807) is 19.4 Å². The summed E-state index contributed by atoms with van der Waals surface area (Å²) in [4.78, 5) is 12.3. The lowest BCUT2D eigenvalue weighted by Crippen LogP contribution is -2.33. The van der Waals surface area contributed by atoms with E-state index in [1.807, 2.05) is 12.1 Å². The summed E-state index contributed by atoms with van der Waals surface area (Å²) in [6.45, 7) is 7.59. The highest BCUT2D eigenvalue weighted by atomic mass is 35.5. The molecule has 31 heavy (non-hydrogen) atoms. The number of rotatable bonds is 6. The van der Waals surface area contributed by atoms with Gasteiger partial charge in [0.15, 0.2) is 0 Å². The summed E-state index contributed by atoms with van der Waals surface area (Å²) < 4.78 is 17.9. The van der Waals surface area contributed by atoms with Gasteiger partial charge in [-0.3, -0.25) is 0 Å². The van der Waals surface area contributed by atoms with Crippen molar-refractivity contribution in [3.05, 3.63) is 45.9 Å². The number of hydrogen-bond donors (Lipinski definition) is 1. The van der Waals surface area contributed by atoms with Gasteiger partial charge >= 0.3 is 5.97 Å². The van der Waals surface area contributed by atoms with Crippen LogP contribution in [-0.4, -0.2) is 43.2 Å². The molecule has 0 saturated heterocycles. The molecule has 1 atom stereocenters. The van der Waals surface area contributed by atoms with Crippen molar-refractivity contribution in [3.63, 3.8) is 0 Å². The number of carbonyl (C=O) groups excluding carboxylic acids is 1. The van der Waals surface area contributed by atoms with Crippen molar-refractivity contribution in [2.45, 2.75) is 39.7 Å². The molecule has 0 bridgehead atoms. The summed E-state index contributed by atoms with van der Waals surface area (Å²) in [7, 11) is 2.96. The molecule has 7 nitrogen and oxygen atoms in total. The van der Waals surface area contributed by atoms with Crippen molar-refractivity contribution in [3.8, 4) is 17.0 Å². The van der Waals surface area contributed by atoms with Crippen molar-refractivity contribution in [1.82, 2.24) is 4.57 Å². The smallest absolute Gasteiger partial charge is 0.341 e. The van der Waals surface area contributed by atoms with Crippen molar-refractivity contribution >= 4 is 17.6 Å². The van der Waals surface area contributed by atoms with Crippen LogP contribution in [0.2, 0.25) is 5.02 Å². The molecule has 0 amide bonds. The van der Waals surface area contributed by atoms with Gasteiger partial charge in [0, 0.05) is 37.9 Å². The molecule has 1 aromatic heterocycles. The quantitative estimate of drug-likeness (QED) is 0.305. The number of benzene rings is 1. The first-order valence-electron chi connectivity index (χ1n) is 10.2. The lowest BCUT2D eigenvalue weighted by atomic mass is 9.79. The first-order valence-corrected chi connectivity index (χ1v) is 10.6. The van der Waals surface area contributed by atoms with Crippen LogP contribution in [-0.2, 0) is 15.9 Å². The lowest BCUT2D eigenvalue weighted by Gasteiger charge is -2.39. The molecule has 0 aliphatic carbocycles. The average Bonchev–Trinajstić information content (AvgIpc) is 2.74. The monoisotopic (exact) mass is 448 g/mol. The highest BCUT2D eigenvalue weighted by molar-refractivity contribution is 6.32. The average molecular weight is 449 g/mol. The van der Waals surface area contributed by atoms with Crippen LogP contribution in [0.15, 0.2) is 29.6 Å². The zero-order chi connectivity index (χ0) is 22.8. The lowest BCUT2D eigenvalue weighted by molar-refractivity contribution is 0.0595.